The highest BCUT2D eigenvalue weighted by atomic mass is 127. The predicted molar refractivity (Wildman–Crippen MR) is 69.8 cm³/mol. The normalized spacial score (nSPS) is 9.75. The molecule has 0 saturated carbocycles. The van der Waals surface area contributed by atoms with Gasteiger partial charge in [0, 0.05) is 17.0 Å². The summed E-state index contributed by atoms with van der Waals surface area (Å²) in [4.78, 5) is 10.8. The standard InChI is InChI=1S/C11H14INO3/c1-7(14)13-6-8-4-10(15-2)11(16-3)5-9(8)12/h4-5H,6H2,1-3H3,(H,13,14). The maximum absolute atomic E-state index is 10.8. The second-order valence-corrected chi connectivity index (χ2v) is 4.37. The fraction of sp³-hybridized carbons (Fsp3) is 0.364. The number of benzene rings is 1. The van der Waals surface area contributed by atoms with Crippen LogP contribution in [-0.4, -0.2) is 20.1 Å². The molecular weight excluding hydrogens is 321 g/mol. The monoisotopic (exact) mass is 335 g/mol. The molecule has 0 aliphatic carbocycles. The average molecular weight is 335 g/mol. The van der Waals surface area contributed by atoms with E-state index < -0.39 is 0 Å². The van der Waals surface area contributed by atoms with Crippen molar-refractivity contribution in [3.63, 3.8) is 0 Å². The lowest BCUT2D eigenvalue weighted by molar-refractivity contribution is -0.119. The van der Waals surface area contributed by atoms with Crippen LogP contribution in [0.3, 0.4) is 0 Å². The van der Waals surface area contributed by atoms with E-state index in [2.05, 4.69) is 27.9 Å². The first-order chi connectivity index (χ1) is 7.58. The molecule has 0 fully saturated rings. The Bertz CT molecular complexity index is 393. The van der Waals surface area contributed by atoms with Gasteiger partial charge in [-0.05, 0) is 40.3 Å². The number of ether oxygens (including phenoxy) is 2. The van der Waals surface area contributed by atoms with E-state index >= 15 is 0 Å². The molecule has 0 aromatic heterocycles. The third-order valence-electron chi connectivity index (χ3n) is 2.08. The van der Waals surface area contributed by atoms with E-state index in [4.69, 9.17) is 9.47 Å². The largest absolute Gasteiger partial charge is 0.493 e. The smallest absolute Gasteiger partial charge is 0.217 e. The minimum atomic E-state index is -0.0504. The Kier molecular flexibility index (Phi) is 4.85. The number of carbonyl (C=O) groups is 1. The van der Waals surface area contributed by atoms with Gasteiger partial charge in [0.15, 0.2) is 11.5 Å². The molecule has 0 saturated heterocycles. The average Bonchev–Trinajstić information content (AvgIpc) is 2.26. The van der Waals surface area contributed by atoms with Crippen LogP contribution in [0.1, 0.15) is 12.5 Å². The summed E-state index contributed by atoms with van der Waals surface area (Å²) in [5.74, 6) is 1.31. The molecule has 1 aromatic rings. The second kappa shape index (κ2) is 5.93. The molecule has 1 aromatic carbocycles. The Morgan fingerprint density at radius 1 is 1.31 bits per heavy atom. The number of halogens is 1. The molecule has 0 heterocycles. The zero-order chi connectivity index (χ0) is 12.1. The van der Waals surface area contributed by atoms with Gasteiger partial charge < -0.3 is 14.8 Å². The van der Waals surface area contributed by atoms with Crippen LogP contribution in [-0.2, 0) is 11.3 Å². The van der Waals surface area contributed by atoms with Crippen molar-refractivity contribution in [1.82, 2.24) is 5.32 Å². The van der Waals surface area contributed by atoms with Gasteiger partial charge in [0.2, 0.25) is 5.91 Å². The van der Waals surface area contributed by atoms with E-state index in [0.717, 1.165) is 9.13 Å². The van der Waals surface area contributed by atoms with Crippen LogP contribution in [0.4, 0.5) is 0 Å². The fourth-order valence-electron chi connectivity index (χ4n) is 1.25. The molecule has 0 spiro atoms. The van der Waals surface area contributed by atoms with Crippen molar-refractivity contribution in [3.8, 4) is 11.5 Å². The SMILES string of the molecule is COc1cc(I)c(CNC(C)=O)cc1OC. The summed E-state index contributed by atoms with van der Waals surface area (Å²) in [6, 6.07) is 3.76. The molecule has 88 valence electrons. The van der Waals surface area contributed by atoms with E-state index in [1.807, 2.05) is 12.1 Å². The van der Waals surface area contributed by atoms with Crippen molar-refractivity contribution in [2.24, 2.45) is 0 Å². The number of amides is 1. The number of hydrogen-bond acceptors (Lipinski definition) is 3. The first-order valence-corrected chi connectivity index (χ1v) is 5.81. The quantitative estimate of drug-likeness (QED) is 0.856. The minimum absolute atomic E-state index is 0.0504. The first-order valence-electron chi connectivity index (χ1n) is 4.73. The van der Waals surface area contributed by atoms with Gasteiger partial charge in [0.05, 0.1) is 14.2 Å². The maximum atomic E-state index is 10.8. The summed E-state index contributed by atoms with van der Waals surface area (Å²) in [5.41, 5.74) is 1.01. The lowest BCUT2D eigenvalue weighted by Crippen LogP contribution is -2.19. The Morgan fingerprint density at radius 2 is 1.88 bits per heavy atom. The summed E-state index contributed by atoms with van der Waals surface area (Å²) in [7, 11) is 3.19. The number of nitrogens with one attached hydrogen (secondary N) is 1. The van der Waals surface area contributed by atoms with Crippen LogP contribution in [0.15, 0.2) is 12.1 Å². The molecule has 0 radical (unpaired) electrons. The third-order valence-corrected chi connectivity index (χ3v) is 3.08. The van der Waals surface area contributed by atoms with Gasteiger partial charge in [-0.1, -0.05) is 0 Å². The van der Waals surface area contributed by atoms with Gasteiger partial charge in [-0.3, -0.25) is 4.79 Å². The minimum Gasteiger partial charge on any atom is -0.493 e. The lowest BCUT2D eigenvalue weighted by atomic mass is 10.2. The van der Waals surface area contributed by atoms with Gasteiger partial charge in [0.25, 0.3) is 0 Å². The summed E-state index contributed by atoms with van der Waals surface area (Å²) >= 11 is 2.20. The molecule has 0 aliphatic heterocycles. The Balaban J connectivity index is 2.96. The molecule has 1 N–H and O–H groups in total. The number of methoxy groups -OCH3 is 2. The predicted octanol–water partition coefficient (Wildman–Crippen LogP) is 1.94. The molecule has 0 bridgehead atoms. The highest BCUT2D eigenvalue weighted by Gasteiger charge is 2.09. The molecular formula is C11H14INO3. The summed E-state index contributed by atoms with van der Waals surface area (Å²) < 4.78 is 11.4. The topological polar surface area (TPSA) is 47.6 Å². The number of carbonyl (C=O) groups excluding carboxylic acids is 1. The number of rotatable bonds is 4. The molecule has 0 aliphatic rings. The Morgan fingerprint density at radius 3 is 2.38 bits per heavy atom. The van der Waals surface area contributed by atoms with Gasteiger partial charge in [-0.15, -0.1) is 0 Å². The van der Waals surface area contributed by atoms with Crippen LogP contribution >= 0.6 is 22.6 Å². The van der Waals surface area contributed by atoms with Gasteiger partial charge >= 0.3 is 0 Å². The molecule has 0 atom stereocenters. The maximum Gasteiger partial charge on any atom is 0.217 e. The summed E-state index contributed by atoms with van der Waals surface area (Å²) in [6.45, 7) is 1.99. The zero-order valence-corrected chi connectivity index (χ0v) is 11.6. The van der Waals surface area contributed by atoms with E-state index in [-0.39, 0.29) is 5.91 Å². The van der Waals surface area contributed by atoms with Gasteiger partial charge in [0.1, 0.15) is 0 Å². The van der Waals surface area contributed by atoms with E-state index in [9.17, 15) is 4.79 Å². The van der Waals surface area contributed by atoms with E-state index in [0.29, 0.717) is 18.0 Å². The molecule has 1 amide bonds. The second-order valence-electron chi connectivity index (χ2n) is 3.21. The van der Waals surface area contributed by atoms with Crippen LogP contribution in [0.2, 0.25) is 0 Å². The molecule has 5 heteroatoms. The van der Waals surface area contributed by atoms with Crippen LogP contribution in [0.25, 0.3) is 0 Å². The summed E-state index contributed by atoms with van der Waals surface area (Å²) in [5, 5.41) is 2.75. The fourth-order valence-corrected chi connectivity index (χ4v) is 1.88. The third kappa shape index (κ3) is 3.26. The lowest BCUT2D eigenvalue weighted by Gasteiger charge is -2.12. The highest BCUT2D eigenvalue weighted by Crippen LogP contribution is 2.31. The van der Waals surface area contributed by atoms with E-state index in [1.54, 1.807) is 14.2 Å². The van der Waals surface area contributed by atoms with Gasteiger partial charge in [-0.2, -0.15) is 0 Å². The number of hydrogen-bond donors (Lipinski definition) is 1. The van der Waals surface area contributed by atoms with Crippen LogP contribution in [0.5, 0.6) is 11.5 Å². The van der Waals surface area contributed by atoms with Crippen molar-refractivity contribution in [3.05, 3.63) is 21.3 Å². The van der Waals surface area contributed by atoms with Crippen molar-refractivity contribution < 1.29 is 14.3 Å². The van der Waals surface area contributed by atoms with Crippen LogP contribution < -0.4 is 14.8 Å². The first kappa shape index (κ1) is 13.1. The Labute approximate surface area is 108 Å². The molecule has 16 heavy (non-hydrogen) atoms. The van der Waals surface area contributed by atoms with Gasteiger partial charge in [-0.25, -0.2) is 0 Å². The molecule has 0 unspecified atom stereocenters. The van der Waals surface area contributed by atoms with Crippen molar-refractivity contribution in [2.75, 3.05) is 14.2 Å². The van der Waals surface area contributed by atoms with Crippen LogP contribution in [0, 0.1) is 3.57 Å². The van der Waals surface area contributed by atoms with Crippen molar-refractivity contribution in [1.29, 1.82) is 0 Å². The van der Waals surface area contributed by atoms with E-state index in [1.165, 1.54) is 6.92 Å². The molecule has 4 nitrogen and oxygen atoms in total. The zero-order valence-electron chi connectivity index (χ0n) is 9.46. The summed E-state index contributed by atoms with van der Waals surface area (Å²) in [6.07, 6.45) is 0. The highest BCUT2D eigenvalue weighted by molar-refractivity contribution is 14.1. The molecule has 1 rings (SSSR count). The van der Waals surface area contributed by atoms with Crippen molar-refractivity contribution in [2.45, 2.75) is 13.5 Å². The van der Waals surface area contributed by atoms with Crippen molar-refractivity contribution >= 4 is 28.5 Å². The Hall–Kier alpha value is -0.980.